The van der Waals surface area contributed by atoms with E-state index < -0.39 is 0 Å². The Kier molecular flexibility index (Phi) is 3.05. The highest BCUT2D eigenvalue weighted by Crippen LogP contribution is 2.21. The van der Waals surface area contributed by atoms with Crippen LogP contribution in [0.1, 0.15) is 25.7 Å². The number of allylic oxidation sites excluding steroid dienone is 2. The highest BCUT2D eigenvalue weighted by atomic mass is 28.1. The van der Waals surface area contributed by atoms with E-state index in [0.717, 1.165) is 5.92 Å². The Hall–Kier alpha value is -0.0431. The van der Waals surface area contributed by atoms with Crippen molar-refractivity contribution in [2.45, 2.75) is 31.7 Å². The number of hydrogen-bond acceptors (Lipinski definition) is 0. The van der Waals surface area contributed by atoms with Gasteiger partial charge < -0.3 is 0 Å². The van der Waals surface area contributed by atoms with Crippen LogP contribution in [0.2, 0.25) is 6.04 Å². The quantitative estimate of drug-likeness (QED) is 0.405. The lowest BCUT2D eigenvalue weighted by Gasteiger charge is -2.15. The third-order valence-corrected chi connectivity index (χ3v) is 2.29. The fourth-order valence-electron chi connectivity index (χ4n) is 1.35. The van der Waals surface area contributed by atoms with Gasteiger partial charge in [-0.25, -0.2) is 0 Å². The van der Waals surface area contributed by atoms with Crippen molar-refractivity contribution in [1.29, 1.82) is 0 Å². The van der Waals surface area contributed by atoms with E-state index in [4.69, 9.17) is 0 Å². The molecule has 1 rings (SSSR count). The molecule has 0 saturated heterocycles. The molecule has 1 aliphatic rings. The molecule has 0 aromatic heterocycles. The molecule has 2 radical (unpaired) electrons. The van der Waals surface area contributed by atoms with E-state index in [-0.39, 0.29) is 0 Å². The first-order valence-electron chi connectivity index (χ1n) is 3.78. The van der Waals surface area contributed by atoms with Gasteiger partial charge in [-0.15, -0.1) is 0 Å². The lowest BCUT2D eigenvalue weighted by atomic mass is 9.92. The first-order valence-corrected chi connectivity index (χ1v) is 4.60. The van der Waals surface area contributed by atoms with Gasteiger partial charge in [-0.2, -0.15) is 0 Å². The Balaban J connectivity index is 2.18. The van der Waals surface area contributed by atoms with Crippen molar-refractivity contribution in [1.82, 2.24) is 0 Å². The van der Waals surface area contributed by atoms with Crippen LogP contribution in [-0.4, -0.2) is 10.2 Å². The van der Waals surface area contributed by atoms with Gasteiger partial charge in [0.25, 0.3) is 0 Å². The van der Waals surface area contributed by atoms with E-state index in [1.165, 1.54) is 31.7 Å². The first kappa shape index (κ1) is 7.07. The van der Waals surface area contributed by atoms with E-state index in [1.54, 1.807) is 0 Å². The summed E-state index contributed by atoms with van der Waals surface area (Å²) in [7, 11) is 2.80. The first-order chi connectivity index (χ1) is 4.43. The summed E-state index contributed by atoms with van der Waals surface area (Å²) < 4.78 is 0. The van der Waals surface area contributed by atoms with Crippen LogP contribution in [0, 0.1) is 5.92 Å². The van der Waals surface area contributed by atoms with Gasteiger partial charge in [-0.1, -0.05) is 24.6 Å². The van der Waals surface area contributed by atoms with E-state index in [0.29, 0.717) is 0 Å². The molecule has 0 aromatic carbocycles. The van der Waals surface area contributed by atoms with Gasteiger partial charge in [0.1, 0.15) is 0 Å². The van der Waals surface area contributed by atoms with Crippen molar-refractivity contribution >= 4 is 10.2 Å². The molecular formula is C8H14Si. The Morgan fingerprint density at radius 1 is 1.44 bits per heavy atom. The second kappa shape index (κ2) is 3.88. The predicted molar refractivity (Wildman–Crippen MR) is 43.1 cm³/mol. The van der Waals surface area contributed by atoms with Crippen molar-refractivity contribution < 1.29 is 0 Å². The molecule has 0 fully saturated rings. The summed E-state index contributed by atoms with van der Waals surface area (Å²) in [5, 5.41) is 0. The van der Waals surface area contributed by atoms with Crippen LogP contribution in [0.5, 0.6) is 0 Å². The monoisotopic (exact) mass is 138 g/mol. The van der Waals surface area contributed by atoms with E-state index in [1.807, 2.05) is 0 Å². The number of rotatable bonds is 2. The Bertz CT molecular complexity index is 96.7. The molecular weight excluding hydrogens is 124 g/mol. The normalized spacial score (nSPS) is 26.6. The molecule has 1 unspecified atom stereocenters. The molecule has 1 aliphatic carbocycles. The van der Waals surface area contributed by atoms with E-state index in [2.05, 4.69) is 22.4 Å². The average Bonchev–Trinajstić information content (AvgIpc) is 1.91. The van der Waals surface area contributed by atoms with Crippen molar-refractivity contribution in [2.24, 2.45) is 5.92 Å². The van der Waals surface area contributed by atoms with Gasteiger partial charge in [0, 0.05) is 10.2 Å². The zero-order chi connectivity index (χ0) is 6.53. The van der Waals surface area contributed by atoms with Crippen molar-refractivity contribution in [3.63, 3.8) is 0 Å². The summed E-state index contributed by atoms with van der Waals surface area (Å²) in [4.78, 5) is 0. The predicted octanol–water partition coefficient (Wildman–Crippen LogP) is 2.05. The van der Waals surface area contributed by atoms with Crippen LogP contribution < -0.4 is 0 Å². The summed E-state index contributed by atoms with van der Waals surface area (Å²) >= 11 is 0. The third-order valence-electron chi connectivity index (χ3n) is 1.95. The summed E-state index contributed by atoms with van der Waals surface area (Å²) in [6, 6.07) is 1.28. The Labute approximate surface area is 60.8 Å². The highest BCUT2D eigenvalue weighted by molar-refractivity contribution is 6.08. The van der Waals surface area contributed by atoms with Crippen LogP contribution in [0.25, 0.3) is 0 Å². The fourth-order valence-corrected chi connectivity index (χ4v) is 1.83. The van der Waals surface area contributed by atoms with Crippen LogP contribution in [0.4, 0.5) is 0 Å². The molecule has 0 amide bonds. The van der Waals surface area contributed by atoms with Gasteiger partial charge in [0.05, 0.1) is 0 Å². The molecule has 1 heteroatoms. The van der Waals surface area contributed by atoms with Crippen molar-refractivity contribution in [3.8, 4) is 0 Å². The van der Waals surface area contributed by atoms with Crippen LogP contribution in [0.3, 0.4) is 0 Å². The second-order valence-corrected chi connectivity index (χ2v) is 3.31. The minimum absolute atomic E-state index is 0.993. The Morgan fingerprint density at radius 3 is 2.89 bits per heavy atom. The topological polar surface area (TPSA) is 0 Å². The lowest BCUT2D eigenvalue weighted by molar-refractivity contribution is 0.465. The highest BCUT2D eigenvalue weighted by Gasteiger charge is 2.06. The summed E-state index contributed by atoms with van der Waals surface area (Å²) in [6.07, 6.45) is 10.1. The van der Waals surface area contributed by atoms with Crippen LogP contribution >= 0.6 is 0 Å². The van der Waals surface area contributed by atoms with Gasteiger partial charge in [0.2, 0.25) is 0 Å². The largest absolute Gasteiger partial charge is 0.0885 e. The fraction of sp³-hybridized carbons (Fsp3) is 0.750. The Morgan fingerprint density at radius 2 is 2.33 bits per heavy atom. The molecule has 0 heterocycles. The molecule has 0 N–H and O–H groups in total. The van der Waals surface area contributed by atoms with Gasteiger partial charge >= 0.3 is 0 Å². The zero-order valence-electron chi connectivity index (χ0n) is 5.84. The minimum Gasteiger partial charge on any atom is -0.0885 e. The van der Waals surface area contributed by atoms with E-state index >= 15 is 0 Å². The molecule has 0 bridgehead atoms. The second-order valence-electron chi connectivity index (χ2n) is 2.73. The summed E-state index contributed by atoms with van der Waals surface area (Å²) in [5.74, 6) is 0.993. The maximum atomic E-state index is 2.80. The summed E-state index contributed by atoms with van der Waals surface area (Å²) in [6.45, 7) is 0. The standard InChI is InChI=1S/C8H14Si/c9-7-6-8-4-2-1-3-5-8/h1-2,8-9H,3-7H2. The van der Waals surface area contributed by atoms with Crippen molar-refractivity contribution in [3.05, 3.63) is 12.2 Å². The van der Waals surface area contributed by atoms with Gasteiger partial charge in [-0.3, -0.25) is 0 Å². The maximum absolute atomic E-state index is 2.80. The average molecular weight is 138 g/mol. The molecule has 0 aromatic rings. The molecule has 1 atom stereocenters. The molecule has 50 valence electrons. The lowest BCUT2D eigenvalue weighted by Crippen LogP contribution is -2.01. The van der Waals surface area contributed by atoms with Crippen molar-refractivity contribution in [2.75, 3.05) is 0 Å². The zero-order valence-corrected chi connectivity index (χ0v) is 7.00. The molecule has 0 nitrogen and oxygen atoms in total. The smallest absolute Gasteiger partial charge is 0.0143 e. The van der Waals surface area contributed by atoms with Gasteiger partial charge in [0.15, 0.2) is 0 Å². The van der Waals surface area contributed by atoms with Gasteiger partial charge in [-0.05, 0) is 25.2 Å². The molecule has 0 saturated carbocycles. The van der Waals surface area contributed by atoms with E-state index in [9.17, 15) is 0 Å². The maximum Gasteiger partial charge on any atom is 0.0143 e. The minimum atomic E-state index is 0.993. The molecule has 0 spiro atoms. The third kappa shape index (κ3) is 2.35. The molecule has 0 aliphatic heterocycles. The van der Waals surface area contributed by atoms with Crippen LogP contribution in [-0.2, 0) is 0 Å². The molecule has 9 heavy (non-hydrogen) atoms. The van der Waals surface area contributed by atoms with Crippen LogP contribution in [0.15, 0.2) is 12.2 Å². The number of hydrogen-bond donors (Lipinski definition) is 0. The summed E-state index contributed by atoms with van der Waals surface area (Å²) in [5.41, 5.74) is 0. The SMILES string of the molecule is [SiH]CCC1CC=CCC1.